The Labute approximate surface area is 102 Å². The van der Waals surface area contributed by atoms with Crippen molar-refractivity contribution in [2.75, 3.05) is 6.54 Å². The fourth-order valence-corrected chi connectivity index (χ4v) is 2.58. The Morgan fingerprint density at radius 2 is 1.94 bits per heavy atom. The molecule has 6 heteroatoms. The van der Waals surface area contributed by atoms with Gasteiger partial charge in [0, 0.05) is 29.8 Å². The molecular formula is C10H10Cl2F2N2. The van der Waals surface area contributed by atoms with Gasteiger partial charge in [0.25, 0.3) is 0 Å². The lowest BCUT2D eigenvalue weighted by molar-refractivity contribution is -0.125. The van der Waals surface area contributed by atoms with E-state index in [0.717, 1.165) is 0 Å². The van der Waals surface area contributed by atoms with E-state index in [2.05, 4.69) is 4.98 Å². The second-order valence-electron chi connectivity index (χ2n) is 4.19. The van der Waals surface area contributed by atoms with Crippen LogP contribution in [-0.4, -0.2) is 17.5 Å². The van der Waals surface area contributed by atoms with E-state index >= 15 is 0 Å². The third kappa shape index (κ3) is 2.01. The first kappa shape index (κ1) is 12.0. The largest absolute Gasteiger partial charge is 0.330 e. The van der Waals surface area contributed by atoms with E-state index < -0.39 is 11.3 Å². The van der Waals surface area contributed by atoms with E-state index in [-0.39, 0.29) is 24.5 Å². The lowest BCUT2D eigenvalue weighted by Crippen LogP contribution is -2.54. The van der Waals surface area contributed by atoms with Gasteiger partial charge < -0.3 is 5.73 Å². The van der Waals surface area contributed by atoms with Crippen molar-refractivity contribution >= 4 is 23.2 Å². The van der Waals surface area contributed by atoms with Gasteiger partial charge in [0.1, 0.15) is 5.15 Å². The van der Waals surface area contributed by atoms with Crippen LogP contribution in [0.1, 0.15) is 18.5 Å². The molecule has 0 atom stereocenters. The van der Waals surface area contributed by atoms with Crippen LogP contribution >= 0.6 is 23.2 Å². The monoisotopic (exact) mass is 266 g/mol. The number of aromatic nitrogens is 1. The number of hydrogen-bond acceptors (Lipinski definition) is 2. The summed E-state index contributed by atoms with van der Waals surface area (Å²) in [5.74, 6) is -2.66. The summed E-state index contributed by atoms with van der Waals surface area (Å²) in [5, 5.41) is 0.587. The quantitative estimate of drug-likeness (QED) is 0.836. The van der Waals surface area contributed by atoms with Gasteiger partial charge in [-0.15, -0.1) is 0 Å². The smallest absolute Gasteiger partial charge is 0.250 e. The van der Waals surface area contributed by atoms with Crippen LogP contribution in [-0.2, 0) is 5.41 Å². The van der Waals surface area contributed by atoms with Crippen molar-refractivity contribution in [1.82, 2.24) is 4.98 Å². The topological polar surface area (TPSA) is 38.9 Å². The van der Waals surface area contributed by atoms with Gasteiger partial charge in [-0.05, 0) is 12.1 Å². The second-order valence-corrected chi connectivity index (χ2v) is 5.01. The summed E-state index contributed by atoms with van der Waals surface area (Å²) >= 11 is 11.6. The minimum absolute atomic E-state index is 0.117. The van der Waals surface area contributed by atoms with Gasteiger partial charge in [0.2, 0.25) is 5.92 Å². The van der Waals surface area contributed by atoms with Gasteiger partial charge in [0.05, 0.1) is 5.69 Å². The minimum Gasteiger partial charge on any atom is -0.330 e. The van der Waals surface area contributed by atoms with Crippen molar-refractivity contribution in [3.8, 4) is 0 Å². The fraction of sp³-hybridized carbons (Fsp3) is 0.500. The first-order chi connectivity index (χ1) is 7.37. The van der Waals surface area contributed by atoms with E-state index in [1.807, 2.05) is 0 Å². The van der Waals surface area contributed by atoms with Crippen molar-refractivity contribution in [3.63, 3.8) is 0 Å². The van der Waals surface area contributed by atoms with E-state index in [0.29, 0.717) is 10.7 Å². The molecule has 88 valence electrons. The molecule has 16 heavy (non-hydrogen) atoms. The maximum absolute atomic E-state index is 13.0. The van der Waals surface area contributed by atoms with Crippen molar-refractivity contribution in [2.45, 2.75) is 24.2 Å². The first-order valence-corrected chi connectivity index (χ1v) is 5.54. The number of hydrogen-bond donors (Lipinski definition) is 1. The third-order valence-electron chi connectivity index (χ3n) is 2.89. The van der Waals surface area contributed by atoms with E-state index in [1.54, 1.807) is 6.07 Å². The summed E-state index contributed by atoms with van der Waals surface area (Å²) in [6, 6.07) is 3.02. The highest BCUT2D eigenvalue weighted by Gasteiger charge is 2.57. The molecule has 0 aliphatic heterocycles. The van der Waals surface area contributed by atoms with Gasteiger partial charge in [-0.25, -0.2) is 13.8 Å². The van der Waals surface area contributed by atoms with Crippen LogP contribution in [0.5, 0.6) is 0 Å². The lowest BCUT2D eigenvalue weighted by Gasteiger charge is -2.46. The zero-order valence-corrected chi connectivity index (χ0v) is 9.82. The average Bonchev–Trinajstić information content (AvgIpc) is 2.11. The minimum atomic E-state index is -2.66. The molecule has 1 aliphatic carbocycles. The summed E-state index contributed by atoms with van der Waals surface area (Å²) in [7, 11) is 0. The average molecular weight is 267 g/mol. The predicted octanol–water partition coefficient (Wildman–Crippen LogP) is 3.01. The molecule has 0 spiro atoms. The van der Waals surface area contributed by atoms with E-state index in [1.165, 1.54) is 6.07 Å². The number of nitrogens with two attached hydrogens (primary N) is 1. The number of nitrogens with zero attached hydrogens (tertiary/aromatic N) is 1. The Morgan fingerprint density at radius 1 is 1.31 bits per heavy atom. The highest BCUT2D eigenvalue weighted by atomic mass is 35.5. The molecule has 2 rings (SSSR count). The molecule has 1 aromatic rings. The van der Waals surface area contributed by atoms with Crippen LogP contribution in [0.2, 0.25) is 10.2 Å². The first-order valence-electron chi connectivity index (χ1n) is 4.78. The van der Waals surface area contributed by atoms with Crippen molar-refractivity contribution in [2.24, 2.45) is 5.73 Å². The Kier molecular flexibility index (Phi) is 2.85. The van der Waals surface area contributed by atoms with E-state index in [9.17, 15) is 8.78 Å². The van der Waals surface area contributed by atoms with Crippen LogP contribution in [0.25, 0.3) is 0 Å². The summed E-state index contributed by atoms with van der Waals surface area (Å²) in [5.41, 5.74) is 5.24. The van der Waals surface area contributed by atoms with Crippen LogP contribution in [0.15, 0.2) is 12.1 Å². The maximum Gasteiger partial charge on any atom is 0.250 e. The highest BCUT2D eigenvalue weighted by molar-refractivity contribution is 6.33. The molecule has 0 saturated heterocycles. The molecular weight excluding hydrogens is 257 g/mol. The molecule has 1 aliphatic rings. The Balaban J connectivity index is 2.35. The third-order valence-corrected chi connectivity index (χ3v) is 3.30. The van der Waals surface area contributed by atoms with Crippen LogP contribution in [0, 0.1) is 0 Å². The van der Waals surface area contributed by atoms with Gasteiger partial charge >= 0.3 is 0 Å². The summed E-state index contributed by atoms with van der Waals surface area (Å²) in [4.78, 5) is 4.03. The normalized spacial score (nSPS) is 21.6. The Morgan fingerprint density at radius 3 is 2.38 bits per heavy atom. The van der Waals surface area contributed by atoms with Gasteiger partial charge in [0.15, 0.2) is 0 Å². The van der Waals surface area contributed by atoms with Gasteiger partial charge in [-0.3, -0.25) is 0 Å². The molecule has 1 fully saturated rings. The second kappa shape index (κ2) is 3.79. The zero-order valence-electron chi connectivity index (χ0n) is 8.31. The van der Waals surface area contributed by atoms with Crippen molar-refractivity contribution < 1.29 is 8.78 Å². The zero-order chi connectivity index (χ0) is 12.0. The Bertz CT molecular complexity index is 395. The number of halogens is 4. The molecule has 1 saturated carbocycles. The number of rotatable bonds is 2. The van der Waals surface area contributed by atoms with E-state index in [4.69, 9.17) is 28.9 Å². The highest BCUT2D eigenvalue weighted by Crippen LogP contribution is 2.52. The molecule has 0 radical (unpaired) electrons. The molecule has 1 heterocycles. The number of alkyl halides is 2. The predicted molar refractivity (Wildman–Crippen MR) is 59.2 cm³/mol. The van der Waals surface area contributed by atoms with Crippen LogP contribution in [0.4, 0.5) is 8.78 Å². The Hall–Kier alpha value is -0.450. The van der Waals surface area contributed by atoms with Crippen LogP contribution in [0.3, 0.4) is 0 Å². The summed E-state index contributed by atoms with van der Waals surface area (Å²) in [6.45, 7) is 0.117. The molecule has 0 amide bonds. The van der Waals surface area contributed by atoms with Crippen LogP contribution < -0.4 is 5.73 Å². The molecule has 0 aromatic carbocycles. The molecule has 2 N–H and O–H groups in total. The molecule has 2 nitrogen and oxygen atoms in total. The summed E-state index contributed by atoms with van der Waals surface area (Å²) < 4.78 is 25.9. The maximum atomic E-state index is 13.0. The number of pyridine rings is 1. The standard InChI is InChI=1S/C10H10Cl2F2N2/c11-6-1-7(16-8(12)2-6)9(5-15)3-10(13,14)4-9/h1-2H,3-5,15H2. The fourth-order valence-electron chi connectivity index (χ4n) is 2.11. The SMILES string of the molecule is NCC1(c2cc(Cl)cc(Cl)n2)CC(F)(F)C1. The molecule has 1 aromatic heterocycles. The lowest BCUT2D eigenvalue weighted by atomic mass is 9.64. The van der Waals surface area contributed by atoms with Gasteiger partial charge in [-0.1, -0.05) is 23.2 Å². The van der Waals surface area contributed by atoms with Gasteiger partial charge in [-0.2, -0.15) is 0 Å². The molecule has 0 bridgehead atoms. The van der Waals surface area contributed by atoms with Crippen molar-refractivity contribution in [1.29, 1.82) is 0 Å². The molecule has 0 unspecified atom stereocenters. The van der Waals surface area contributed by atoms with Crippen molar-refractivity contribution in [3.05, 3.63) is 28.0 Å². The summed E-state index contributed by atoms with van der Waals surface area (Å²) in [6.07, 6.45) is -0.583.